The molecule has 0 unspecified atom stereocenters. The quantitative estimate of drug-likeness (QED) is 0.568. The van der Waals surface area contributed by atoms with Gasteiger partial charge in [0.15, 0.2) is 17.5 Å². The van der Waals surface area contributed by atoms with Crippen LogP contribution in [-0.2, 0) is 13.5 Å². The number of ether oxygens (including phenoxy) is 2. The van der Waals surface area contributed by atoms with Crippen LogP contribution in [0.25, 0.3) is 0 Å². The van der Waals surface area contributed by atoms with Crippen molar-refractivity contribution in [2.24, 2.45) is 12.0 Å². The molecule has 2 aromatic rings. The predicted molar refractivity (Wildman–Crippen MR) is 101 cm³/mol. The van der Waals surface area contributed by atoms with Crippen molar-refractivity contribution in [3.63, 3.8) is 0 Å². The summed E-state index contributed by atoms with van der Waals surface area (Å²) in [6.07, 6.45) is 4.72. The molecule has 0 saturated heterocycles. The van der Waals surface area contributed by atoms with Crippen LogP contribution in [0.15, 0.2) is 35.6 Å². The number of aryl methyl sites for hydroxylation is 1. The zero-order chi connectivity index (χ0) is 18.1. The standard InChI is InChI=1S/C18H27N5O2/c1-5-19-18(20-10-9-14-12-21-23(3)13-14)22-15-7-8-16(25-6-2)17(11-15)24-4/h7-8,11-13H,5-6,9-10H2,1-4H3,(H2,19,20,22). The van der Waals surface area contributed by atoms with E-state index in [1.54, 1.807) is 11.8 Å². The van der Waals surface area contributed by atoms with E-state index in [0.717, 1.165) is 30.4 Å². The van der Waals surface area contributed by atoms with E-state index in [-0.39, 0.29) is 0 Å². The molecule has 0 aliphatic rings. The molecule has 0 amide bonds. The Morgan fingerprint density at radius 2 is 2.12 bits per heavy atom. The number of methoxy groups -OCH3 is 1. The Labute approximate surface area is 149 Å². The van der Waals surface area contributed by atoms with Crippen LogP contribution in [0.3, 0.4) is 0 Å². The largest absolute Gasteiger partial charge is 0.493 e. The Hall–Kier alpha value is -2.70. The third-order valence-electron chi connectivity index (χ3n) is 3.50. The molecule has 1 aromatic heterocycles. The summed E-state index contributed by atoms with van der Waals surface area (Å²) < 4.78 is 12.7. The molecule has 7 nitrogen and oxygen atoms in total. The zero-order valence-electron chi connectivity index (χ0n) is 15.4. The average molecular weight is 345 g/mol. The molecule has 2 N–H and O–H groups in total. The van der Waals surface area contributed by atoms with Crippen LogP contribution < -0.4 is 20.1 Å². The topological polar surface area (TPSA) is 72.7 Å². The second-order valence-corrected chi connectivity index (χ2v) is 5.46. The van der Waals surface area contributed by atoms with Crippen molar-refractivity contribution in [2.75, 3.05) is 32.1 Å². The van der Waals surface area contributed by atoms with Gasteiger partial charge in [0.1, 0.15) is 0 Å². The number of aromatic nitrogens is 2. The maximum absolute atomic E-state index is 5.54. The fraction of sp³-hybridized carbons (Fsp3) is 0.444. The lowest BCUT2D eigenvalue weighted by molar-refractivity contribution is 0.311. The molecule has 1 heterocycles. The summed E-state index contributed by atoms with van der Waals surface area (Å²) in [6, 6.07) is 5.74. The summed E-state index contributed by atoms with van der Waals surface area (Å²) in [5.41, 5.74) is 2.06. The lowest BCUT2D eigenvalue weighted by atomic mass is 10.2. The van der Waals surface area contributed by atoms with Crippen molar-refractivity contribution < 1.29 is 9.47 Å². The minimum absolute atomic E-state index is 0.599. The molecule has 0 saturated carbocycles. The maximum Gasteiger partial charge on any atom is 0.195 e. The summed E-state index contributed by atoms with van der Waals surface area (Å²) in [6.45, 7) is 6.05. The second-order valence-electron chi connectivity index (χ2n) is 5.46. The normalized spacial score (nSPS) is 11.3. The van der Waals surface area contributed by atoms with Gasteiger partial charge in [-0.1, -0.05) is 0 Å². The summed E-state index contributed by atoms with van der Waals surface area (Å²) in [5.74, 6) is 2.16. The fourth-order valence-electron chi connectivity index (χ4n) is 2.36. The van der Waals surface area contributed by atoms with Crippen LogP contribution >= 0.6 is 0 Å². The van der Waals surface area contributed by atoms with Gasteiger partial charge in [0.05, 0.1) is 19.9 Å². The van der Waals surface area contributed by atoms with Crippen LogP contribution in [-0.4, -0.2) is 42.5 Å². The van der Waals surface area contributed by atoms with Gasteiger partial charge in [0.25, 0.3) is 0 Å². The Kier molecular flexibility index (Phi) is 7.13. The van der Waals surface area contributed by atoms with Gasteiger partial charge < -0.3 is 20.1 Å². The van der Waals surface area contributed by atoms with E-state index in [1.807, 2.05) is 51.5 Å². The highest BCUT2D eigenvalue weighted by Crippen LogP contribution is 2.30. The van der Waals surface area contributed by atoms with Gasteiger partial charge in [-0.3, -0.25) is 9.67 Å². The first-order valence-corrected chi connectivity index (χ1v) is 8.50. The molecular formula is C18H27N5O2. The number of nitrogens with zero attached hydrogens (tertiary/aromatic N) is 3. The Bertz CT molecular complexity index is 697. The van der Waals surface area contributed by atoms with Crippen molar-refractivity contribution >= 4 is 11.6 Å². The molecule has 136 valence electrons. The van der Waals surface area contributed by atoms with Crippen LogP contribution in [0, 0.1) is 0 Å². The van der Waals surface area contributed by atoms with E-state index in [4.69, 9.17) is 9.47 Å². The highest BCUT2D eigenvalue weighted by Gasteiger charge is 2.07. The monoisotopic (exact) mass is 345 g/mol. The minimum Gasteiger partial charge on any atom is -0.493 e. The number of rotatable bonds is 8. The molecule has 2 rings (SSSR count). The molecule has 1 aromatic carbocycles. The smallest absolute Gasteiger partial charge is 0.195 e. The molecule has 0 atom stereocenters. The number of guanidine groups is 1. The van der Waals surface area contributed by atoms with Crippen LogP contribution in [0.2, 0.25) is 0 Å². The lowest BCUT2D eigenvalue weighted by Crippen LogP contribution is -2.30. The first-order valence-electron chi connectivity index (χ1n) is 8.50. The summed E-state index contributed by atoms with van der Waals surface area (Å²) in [7, 11) is 3.55. The molecule has 0 aliphatic carbocycles. The van der Waals surface area contributed by atoms with E-state index >= 15 is 0 Å². The van der Waals surface area contributed by atoms with E-state index in [2.05, 4.69) is 20.7 Å². The number of benzene rings is 1. The average Bonchev–Trinajstić information content (AvgIpc) is 3.02. The van der Waals surface area contributed by atoms with Gasteiger partial charge in [0, 0.05) is 38.1 Å². The molecule has 0 spiro atoms. The predicted octanol–water partition coefficient (Wildman–Crippen LogP) is 2.45. The molecule has 0 bridgehead atoms. The first kappa shape index (κ1) is 18.6. The Balaban J connectivity index is 2.03. The van der Waals surface area contributed by atoms with Crippen LogP contribution in [0.5, 0.6) is 11.5 Å². The first-order chi connectivity index (χ1) is 12.2. The van der Waals surface area contributed by atoms with Crippen LogP contribution in [0.4, 0.5) is 5.69 Å². The summed E-state index contributed by atoms with van der Waals surface area (Å²) in [4.78, 5) is 4.61. The summed E-state index contributed by atoms with van der Waals surface area (Å²) in [5, 5.41) is 10.7. The Morgan fingerprint density at radius 1 is 1.28 bits per heavy atom. The molecule has 0 aliphatic heterocycles. The van der Waals surface area contributed by atoms with Gasteiger partial charge in [-0.05, 0) is 38.0 Å². The molecule has 0 radical (unpaired) electrons. The highest BCUT2D eigenvalue weighted by atomic mass is 16.5. The van der Waals surface area contributed by atoms with Gasteiger partial charge >= 0.3 is 0 Å². The summed E-state index contributed by atoms with van der Waals surface area (Å²) >= 11 is 0. The zero-order valence-corrected chi connectivity index (χ0v) is 15.4. The lowest BCUT2D eigenvalue weighted by Gasteiger charge is -2.14. The SMILES string of the molecule is CCNC(=NCCc1cnn(C)c1)Nc1ccc(OCC)c(OC)c1. The van der Waals surface area contributed by atoms with Crippen molar-refractivity contribution in [1.29, 1.82) is 0 Å². The minimum atomic E-state index is 0.599. The number of hydrogen-bond acceptors (Lipinski definition) is 4. The van der Waals surface area contributed by atoms with E-state index < -0.39 is 0 Å². The Morgan fingerprint density at radius 3 is 2.76 bits per heavy atom. The second kappa shape index (κ2) is 9.56. The highest BCUT2D eigenvalue weighted by molar-refractivity contribution is 5.93. The third kappa shape index (κ3) is 5.70. The molecule has 25 heavy (non-hydrogen) atoms. The van der Waals surface area contributed by atoms with E-state index in [0.29, 0.717) is 18.9 Å². The van der Waals surface area contributed by atoms with Gasteiger partial charge in [-0.25, -0.2) is 0 Å². The van der Waals surface area contributed by atoms with Crippen molar-refractivity contribution in [3.05, 3.63) is 36.2 Å². The van der Waals surface area contributed by atoms with Gasteiger partial charge in [0.2, 0.25) is 0 Å². The fourth-order valence-corrected chi connectivity index (χ4v) is 2.36. The molecule has 0 fully saturated rings. The third-order valence-corrected chi connectivity index (χ3v) is 3.50. The number of aliphatic imine (C=N–C) groups is 1. The van der Waals surface area contributed by atoms with Crippen molar-refractivity contribution in [1.82, 2.24) is 15.1 Å². The van der Waals surface area contributed by atoms with E-state index in [1.165, 1.54) is 5.56 Å². The van der Waals surface area contributed by atoms with Crippen molar-refractivity contribution in [2.45, 2.75) is 20.3 Å². The van der Waals surface area contributed by atoms with Crippen molar-refractivity contribution in [3.8, 4) is 11.5 Å². The van der Waals surface area contributed by atoms with Crippen LogP contribution in [0.1, 0.15) is 19.4 Å². The van der Waals surface area contributed by atoms with E-state index in [9.17, 15) is 0 Å². The molecule has 7 heteroatoms. The van der Waals surface area contributed by atoms with Gasteiger partial charge in [-0.15, -0.1) is 0 Å². The molecular weight excluding hydrogens is 318 g/mol. The number of anilines is 1. The maximum atomic E-state index is 5.54. The number of nitrogens with one attached hydrogen (secondary N) is 2. The van der Waals surface area contributed by atoms with Gasteiger partial charge in [-0.2, -0.15) is 5.10 Å². The number of hydrogen-bond donors (Lipinski definition) is 2.